The molecule has 1 N–H and O–H groups in total. The maximum Gasteiger partial charge on any atom is 0.417 e. The van der Waals surface area contributed by atoms with Crippen molar-refractivity contribution in [2.45, 2.75) is 30.5 Å². The molecule has 0 saturated carbocycles. The zero-order valence-electron chi connectivity index (χ0n) is 18.9. The van der Waals surface area contributed by atoms with Gasteiger partial charge < -0.3 is 5.11 Å². The first-order valence-electron chi connectivity index (χ1n) is 10.5. The molecule has 0 spiro atoms. The number of hydrogen-bond donors (Lipinski definition) is 1. The van der Waals surface area contributed by atoms with Crippen LogP contribution in [0.1, 0.15) is 29.2 Å². The lowest BCUT2D eigenvalue weighted by Gasteiger charge is -2.30. The summed E-state index contributed by atoms with van der Waals surface area (Å²) in [5.41, 5.74) is -3.26. The fraction of sp³-hybridized carbons (Fsp3) is 0.160. The van der Waals surface area contributed by atoms with Crippen LogP contribution in [0, 0.1) is 18.3 Å². The van der Waals surface area contributed by atoms with Gasteiger partial charge in [0.1, 0.15) is 5.75 Å². The highest BCUT2D eigenvalue weighted by atomic mass is 32.2. The zero-order chi connectivity index (χ0) is 26.4. The lowest BCUT2D eigenvalue weighted by atomic mass is 9.91. The van der Waals surface area contributed by atoms with Gasteiger partial charge in [0.15, 0.2) is 16.5 Å². The Morgan fingerprint density at radius 1 is 1.00 bits per heavy atom. The van der Waals surface area contributed by atoms with Crippen LogP contribution in [0.2, 0.25) is 0 Å². The number of nitrogens with zero attached hydrogens (tertiary/aromatic N) is 3. The molecule has 36 heavy (non-hydrogen) atoms. The number of carbonyl (C=O) groups excluding carboxylic acids is 2. The largest absolute Gasteiger partial charge is 0.508 e. The van der Waals surface area contributed by atoms with Crippen LogP contribution >= 0.6 is 0 Å². The van der Waals surface area contributed by atoms with Gasteiger partial charge in [0.25, 0.3) is 5.91 Å². The van der Waals surface area contributed by atoms with E-state index in [1.165, 1.54) is 49.4 Å². The summed E-state index contributed by atoms with van der Waals surface area (Å²) < 4.78 is 55.2. The highest BCUT2D eigenvalue weighted by Gasteiger charge is 2.59. The summed E-state index contributed by atoms with van der Waals surface area (Å²) in [7, 11) is -2.23. The lowest BCUT2D eigenvalue weighted by molar-refractivity contribution is -0.137. The summed E-state index contributed by atoms with van der Waals surface area (Å²) in [4.78, 5) is 28.1. The Balaban J connectivity index is 1.91. The highest BCUT2D eigenvalue weighted by molar-refractivity contribution is 7.83. The Bertz CT molecular complexity index is 1430. The van der Waals surface area contributed by atoms with Crippen molar-refractivity contribution >= 4 is 28.6 Å². The van der Waals surface area contributed by atoms with E-state index in [0.717, 1.165) is 22.0 Å². The number of aryl methyl sites for hydroxylation is 1. The number of hydrogen-bond acceptors (Lipinski definition) is 5. The van der Waals surface area contributed by atoms with Gasteiger partial charge in [-0.25, -0.2) is 18.2 Å². The van der Waals surface area contributed by atoms with Gasteiger partial charge in [0.2, 0.25) is 0 Å². The van der Waals surface area contributed by atoms with Crippen molar-refractivity contribution in [1.82, 2.24) is 4.31 Å². The second kappa shape index (κ2) is 8.80. The van der Waals surface area contributed by atoms with Crippen LogP contribution in [0.5, 0.6) is 5.75 Å². The Morgan fingerprint density at radius 3 is 2.17 bits per heavy atom. The fourth-order valence-corrected chi connectivity index (χ4v) is 5.25. The third-order valence-corrected chi connectivity index (χ3v) is 7.42. The van der Waals surface area contributed by atoms with Crippen LogP contribution in [0.15, 0.2) is 71.6 Å². The summed E-state index contributed by atoms with van der Waals surface area (Å²) in [6.45, 7) is 3.14. The van der Waals surface area contributed by atoms with Crippen LogP contribution in [0.25, 0.3) is 0 Å². The van der Waals surface area contributed by atoms with Crippen molar-refractivity contribution in [1.29, 1.82) is 5.26 Å². The number of urea groups is 1. The molecule has 3 amide bonds. The van der Waals surface area contributed by atoms with E-state index in [0.29, 0.717) is 11.0 Å². The average Bonchev–Trinajstić information content (AvgIpc) is 3.04. The molecule has 1 saturated heterocycles. The molecule has 0 bridgehead atoms. The molecule has 1 aliphatic heterocycles. The standard InChI is InChI=1S/C25H18F3N3O4S/c1-15-3-11-20(12-4-15)36(35)31-23(34)30(18-8-5-16(14-29)21(13-18)25(26,27)28)22(33)24(31,2)17-6-9-19(32)10-7-17/h3-13,32H,1-2H3. The Morgan fingerprint density at radius 2 is 1.61 bits per heavy atom. The molecule has 1 fully saturated rings. The predicted octanol–water partition coefficient (Wildman–Crippen LogP) is 5.00. The summed E-state index contributed by atoms with van der Waals surface area (Å²) in [5.74, 6) is -1.07. The van der Waals surface area contributed by atoms with Gasteiger partial charge >= 0.3 is 12.2 Å². The monoisotopic (exact) mass is 513 g/mol. The van der Waals surface area contributed by atoms with Gasteiger partial charge in [-0.2, -0.15) is 18.4 Å². The van der Waals surface area contributed by atoms with Crippen molar-refractivity contribution in [2.24, 2.45) is 0 Å². The molecule has 11 heteroatoms. The van der Waals surface area contributed by atoms with Gasteiger partial charge in [-0.1, -0.05) is 29.8 Å². The molecule has 0 aliphatic carbocycles. The van der Waals surface area contributed by atoms with Gasteiger partial charge in [0, 0.05) is 0 Å². The van der Waals surface area contributed by atoms with Crippen molar-refractivity contribution in [2.75, 3.05) is 4.90 Å². The predicted molar refractivity (Wildman–Crippen MR) is 124 cm³/mol. The number of phenols is 1. The third kappa shape index (κ3) is 3.99. The lowest BCUT2D eigenvalue weighted by Crippen LogP contribution is -2.45. The van der Waals surface area contributed by atoms with E-state index in [4.69, 9.17) is 5.26 Å². The quantitative estimate of drug-likeness (QED) is 0.495. The minimum absolute atomic E-state index is 0.121. The molecule has 2 unspecified atom stereocenters. The van der Waals surface area contributed by atoms with Gasteiger partial charge in [-0.05, 0) is 61.9 Å². The summed E-state index contributed by atoms with van der Waals surface area (Å²) in [5, 5.41) is 18.8. The first-order valence-corrected chi connectivity index (χ1v) is 11.6. The van der Waals surface area contributed by atoms with Crippen LogP contribution in [0.3, 0.4) is 0 Å². The van der Waals surface area contributed by atoms with Gasteiger partial charge in [-0.15, -0.1) is 0 Å². The topological polar surface area (TPSA) is 102 Å². The van der Waals surface area contributed by atoms with Crippen LogP contribution in [0.4, 0.5) is 23.7 Å². The minimum Gasteiger partial charge on any atom is -0.508 e. The SMILES string of the molecule is Cc1ccc(S(=O)N2C(=O)N(c3ccc(C#N)c(C(F)(F)F)c3)C(=O)C2(C)c2ccc(O)cc2)cc1. The molecule has 3 aromatic rings. The summed E-state index contributed by atoms with van der Waals surface area (Å²) in [6, 6.07) is 14.5. The van der Waals surface area contributed by atoms with Crippen molar-refractivity contribution < 1.29 is 32.1 Å². The first kappa shape index (κ1) is 24.9. The number of imide groups is 1. The van der Waals surface area contributed by atoms with Crippen molar-refractivity contribution in [3.05, 3.63) is 89.0 Å². The first-order chi connectivity index (χ1) is 16.9. The number of alkyl halides is 3. The average molecular weight is 513 g/mol. The molecule has 0 radical (unpaired) electrons. The Kier molecular flexibility index (Phi) is 6.10. The number of aromatic hydroxyl groups is 1. The number of benzene rings is 3. The fourth-order valence-electron chi connectivity index (χ4n) is 3.93. The molecule has 7 nitrogen and oxygen atoms in total. The van der Waals surface area contributed by atoms with Crippen LogP contribution < -0.4 is 4.90 Å². The maximum atomic E-state index is 13.8. The van der Waals surface area contributed by atoms with Crippen molar-refractivity contribution in [3.63, 3.8) is 0 Å². The van der Waals surface area contributed by atoms with E-state index < -0.39 is 51.5 Å². The second-order valence-electron chi connectivity index (χ2n) is 8.24. The molecule has 4 rings (SSSR count). The minimum atomic E-state index is -4.92. The number of rotatable bonds is 4. The van der Waals surface area contributed by atoms with E-state index in [1.54, 1.807) is 12.1 Å². The molecule has 3 aromatic carbocycles. The van der Waals surface area contributed by atoms with E-state index in [1.807, 2.05) is 6.92 Å². The van der Waals surface area contributed by atoms with E-state index >= 15 is 0 Å². The smallest absolute Gasteiger partial charge is 0.417 e. The molecule has 2 atom stereocenters. The molecule has 1 heterocycles. The van der Waals surface area contributed by atoms with E-state index in [9.17, 15) is 32.1 Å². The molecular formula is C25H18F3N3O4S. The van der Waals surface area contributed by atoms with E-state index in [2.05, 4.69) is 0 Å². The number of amides is 3. The highest BCUT2D eigenvalue weighted by Crippen LogP contribution is 2.43. The van der Waals surface area contributed by atoms with E-state index in [-0.39, 0.29) is 16.2 Å². The normalized spacial score (nSPS) is 18.9. The number of phenolic OH excluding ortho intramolecular Hbond substituents is 1. The molecular weight excluding hydrogens is 495 g/mol. The number of carbonyl (C=O) groups is 2. The number of halogens is 3. The van der Waals surface area contributed by atoms with Crippen molar-refractivity contribution in [3.8, 4) is 11.8 Å². The number of anilines is 1. The molecule has 1 aliphatic rings. The number of nitriles is 1. The zero-order valence-corrected chi connectivity index (χ0v) is 19.7. The molecule has 184 valence electrons. The van der Waals surface area contributed by atoms with Gasteiger partial charge in [-0.3, -0.25) is 4.79 Å². The Labute approximate surface area is 206 Å². The third-order valence-electron chi connectivity index (χ3n) is 5.90. The molecule has 0 aromatic heterocycles. The summed E-state index contributed by atoms with van der Waals surface area (Å²) >= 11 is 0. The summed E-state index contributed by atoms with van der Waals surface area (Å²) in [6.07, 6.45) is -4.92. The maximum absolute atomic E-state index is 13.8. The van der Waals surface area contributed by atoms with Crippen LogP contribution in [-0.2, 0) is 27.5 Å². The second-order valence-corrected chi connectivity index (χ2v) is 9.57. The van der Waals surface area contributed by atoms with Gasteiger partial charge in [0.05, 0.1) is 27.8 Å². The van der Waals surface area contributed by atoms with Crippen LogP contribution in [-0.4, -0.2) is 25.6 Å². The Hall–Kier alpha value is -4.17.